The van der Waals surface area contributed by atoms with Gasteiger partial charge in [0, 0.05) is 31.4 Å². The molecule has 1 aliphatic rings. The molecule has 0 bridgehead atoms. The highest BCUT2D eigenvalue weighted by Crippen LogP contribution is 2.29. The van der Waals surface area contributed by atoms with Gasteiger partial charge in [-0.05, 0) is 26.8 Å². The third kappa shape index (κ3) is 4.04. The zero-order valence-electron chi connectivity index (χ0n) is 15.9. The van der Waals surface area contributed by atoms with Crippen LogP contribution in [0, 0.1) is 6.92 Å². The van der Waals surface area contributed by atoms with E-state index in [9.17, 15) is 4.79 Å². The first-order valence-electron chi connectivity index (χ1n) is 8.59. The van der Waals surface area contributed by atoms with Crippen LogP contribution in [0.4, 0.5) is 16.6 Å². The summed E-state index contributed by atoms with van der Waals surface area (Å²) in [6, 6.07) is 9.43. The maximum Gasteiger partial charge on any atom is 0.324 e. The lowest BCUT2D eigenvalue weighted by Gasteiger charge is -2.29. The highest BCUT2D eigenvalue weighted by Gasteiger charge is 2.31. The highest BCUT2D eigenvalue weighted by molar-refractivity contribution is 5.87. The number of hydrogen-bond acceptors (Lipinski definition) is 5. The molecule has 0 radical (unpaired) electrons. The summed E-state index contributed by atoms with van der Waals surface area (Å²) in [4.78, 5) is 25.2. The van der Waals surface area contributed by atoms with Crippen LogP contribution in [0.1, 0.15) is 25.1 Å². The van der Waals surface area contributed by atoms with Crippen LogP contribution in [0.15, 0.2) is 30.3 Å². The van der Waals surface area contributed by atoms with Crippen LogP contribution in [0.5, 0.6) is 5.75 Å². The highest BCUT2D eigenvalue weighted by atomic mass is 16.5. The van der Waals surface area contributed by atoms with Crippen molar-refractivity contribution in [2.75, 3.05) is 30.9 Å². The molecule has 0 unspecified atom stereocenters. The molecule has 0 spiro atoms. The van der Waals surface area contributed by atoms with E-state index in [-0.39, 0.29) is 6.03 Å². The molecule has 1 aromatic carbocycles. The van der Waals surface area contributed by atoms with Crippen LogP contribution in [0.3, 0.4) is 0 Å². The molecule has 0 atom stereocenters. The smallest absolute Gasteiger partial charge is 0.324 e. The number of rotatable bonds is 2. The number of benzene rings is 1. The van der Waals surface area contributed by atoms with Crippen LogP contribution in [0.25, 0.3) is 0 Å². The monoisotopic (exact) mass is 355 g/mol. The fraction of sp³-hybridized carbons (Fsp3) is 0.421. The van der Waals surface area contributed by atoms with Crippen molar-refractivity contribution < 1.29 is 9.53 Å². The topological polar surface area (TPSA) is 70.6 Å². The normalized spacial score (nSPS) is 15.5. The van der Waals surface area contributed by atoms with E-state index in [0.717, 1.165) is 22.8 Å². The Labute approximate surface area is 154 Å². The molecular weight excluding hydrogens is 330 g/mol. The predicted octanol–water partition coefficient (Wildman–Crippen LogP) is 3.06. The van der Waals surface area contributed by atoms with E-state index in [1.165, 1.54) is 0 Å². The first-order valence-corrected chi connectivity index (χ1v) is 8.59. The van der Waals surface area contributed by atoms with E-state index in [1.54, 1.807) is 4.90 Å². The lowest BCUT2D eigenvalue weighted by molar-refractivity contribution is 0.0834. The number of aryl methyl sites for hydroxylation is 1. The number of nitrogens with zero attached hydrogens (tertiary/aromatic N) is 4. The summed E-state index contributed by atoms with van der Waals surface area (Å²) < 4.78 is 6.08. The average Bonchev–Trinajstić information content (AvgIpc) is 2.68. The molecule has 0 saturated heterocycles. The molecule has 0 aliphatic carbocycles. The first kappa shape index (κ1) is 18.0. The Balaban J connectivity index is 1.83. The fourth-order valence-electron chi connectivity index (χ4n) is 2.94. The van der Waals surface area contributed by atoms with Crippen molar-refractivity contribution in [1.29, 1.82) is 0 Å². The zero-order chi connectivity index (χ0) is 18.9. The van der Waals surface area contributed by atoms with E-state index in [1.807, 2.05) is 70.1 Å². The summed E-state index contributed by atoms with van der Waals surface area (Å²) in [7, 11) is 3.80. The molecule has 0 saturated carbocycles. The number of para-hydroxylation sites is 1. The third-order valence-electron chi connectivity index (χ3n) is 4.10. The molecule has 7 nitrogen and oxygen atoms in total. The van der Waals surface area contributed by atoms with E-state index in [4.69, 9.17) is 4.74 Å². The molecule has 1 N–H and O–H groups in total. The van der Waals surface area contributed by atoms with Gasteiger partial charge in [-0.15, -0.1) is 0 Å². The molecule has 2 heterocycles. The Hall–Kier alpha value is -2.83. The van der Waals surface area contributed by atoms with Crippen LogP contribution in [-0.4, -0.2) is 47.1 Å². The van der Waals surface area contributed by atoms with Crippen molar-refractivity contribution in [3.63, 3.8) is 0 Å². The van der Waals surface area contributed by atoms with Gasteiger partial charge in [0.1, 0.15) is 17.2 Å². The SMILES string of the molecule is Cc1cc(N(C)C)nc(NC(=O)N2Cc3ccccc3OC(C)(C)C2)n1. The van der Waals surface area contributed by atoms with Crippen LogP contribution in [0.2, 0.25) is 0 Å². The Morgan fingerprint density at radius 1 is 1.27 bits per heavy atom. The molecule has 0 fully saturated rings. The minimum Gasteiger partial charge on any atom is -0.486 e. The standard InChI is InChI=1S/C19H25N5O2/c1-13-10-16(23(4)5)21-17(20-13)22-18(25)24-11-14-8-6-7-9-15(14)26-19(2,3)12-24/h6-10H,11-12H2,1-5H3,(H,20,21,22,25). The summed E-state index contributed by atoms with van der Waals surface area (Å²) in [5, 5.41) is 2.83. The maximum absolute atomic E-state index is 12.9. The largest absolute Gasteiger partial charge is 0.486 e. The Bertz CT molecular complexity index is 819. The number of hydrogen-bond donors (Lipinski definition) is 1. The second kappa shape index (κ2) is 6.82. The second-order valence-electron chi connectivity index (χ2n) is 7.34. The number of carbonyl (C=O) groups is 1. The second-order valence-corrected chi connectivity index (χ2v) is 7.34. The van der Waals surface area contributed by atoms with Gasteiger partial charge in [0.15, 0.2) is 0 Å². The van der Waals surface area contributed by atoms with Gasteiger partial charge in [0.2, 0.25) is 5.95 Å². The van der Waals surface area contributed by atoms with E-state index in [2.05, 4.69) is 15.3 Å². The summed E-state index contributed by atoms with van der Waals surface area (Å²) in [6.07, 6.45) is 0. The van der Waals surface area contributed by atoms with Gasteiger partial charge in [-0.2, -0.15) is 4.98 Å². The lowest BCUT2D eigenvalue weighted by Crippen LogP contribution is -2.45. The van der Waals surface area contributed by atoms with Gasteiger partial charge in [-0.3, -0.25) is 5.32 Å². The number of aromatic nitrogens is 2. The number of anilines is 2. The van der Waals surface area contributed by atoms with Gasteiger partial charge in [0.05, 0.1) is 13.1 Å². The number of ether oxygens (including phenoxy) is 1. The first-order chi connectivity index (χ1) is 12.2. The molecule has 138 valence electrons. The quantitative estimate of drug-likeness (QED) is 0.896. The molecule has 1 aliphatic heterocycles. The molecule has 26 heavy (non-hydrogen) atoms. The Morgan fingerprint density at radius 3 is 2.73 bits per heavy atom. The van der Waals surface area contributed by atoms with Gasteiger partial charge in [-0.1, -0.05) is 18.2 Å². The summed E-state index contributed by atoms with van der Waals surface area (Å²) in [6.45, 7) is 6.76. The molecule has 7 heteroatoms. The van der Waals surface area contributed by atoms with E-state index in [0.29, 0.717) is 19.0 Å². The van der Waals surface area contributed by atoms with Gasteiger partial charge < -0.3 is 14.5 Å². The summed E-state index contributed by atoms with van der Waals surface area (Å²) in [5.74, 6) is 1.86. The van der Waals surface area contributed by atoms with E-state index >= 15 is 0 Å². The van der Waals surface area contributed by atoms with Gasteiger partial charge >= 0.3 is 6.03 Å². The Morgan fingerprint density at radius 2 is 2.00 bits per heavy atom. The molecule has 3 rings (SSSR count). The zero-order valence-corrected chi connectivity index (χ0v) is 15.9. The van der Waals surface area contributed by atoms with E-state index < -0.39 is 5.60 Å². The maximum atomic E-state index is 12.9. The predicted molar refractivity (Wildman–Crippen MR) is 102 cm³/mol. The van der Waals surface area contributed by atoms with Crippen molar-refractivity contribution >= 4 is 17.8 Å². The number of urea groups is 1. The number of nitrogens with one attached hydrogen (secondary N) is 1. The molecule has 1 aromatic heterocycles. The van der Waals surface area contributed by atoms with Crippen LogP contribution >= 0.6 is 0 Å². The Kier molecular flexibility index (Phi) is 4.71. The number of fused-ring (bicyclic) bond motifs is 1. The van der Waals surface area contributed by atoms with Crippen molar-refractivity contribution in [2.45, 2.75) is 32.9 Å². The average molecular weight is 355 g/mol. The minimum atomic E-state index is -0.494. The van der Waals surface area contributed by atoms with Crippen LogP contribution in [-0.2, 0) is 6.54 Å². The molecular formula is C19H25N5O2. The van der Waals surface area contributed by atoms with Crippen molar-refractivity contribution in [3.05, 3.63) is 41.6 Å². The third-order valence-corrected chi connectivity index (χ3v) is 4.10. The molecule has 2 amide bonds. The minimum absolute atomic E-state index is 0.242. The number of amides is 2. The van der Waals surface area contributed by atoms with Crippen molar-refractivity contribution in [3.8, 4) is 5.75 Å². The van der Waals surface area contributed by atoms with Gasteiger partial charge in [-0.25, -0.2) is 9.78 Å². The summed E-state index contributed by atoms with van der Waals surface area (Å²) in [5.41, 5.74) is 1.28. The molecule has 2 aromatic rings. The van der Waals surface area contributed by atoms with Gasteiger partial charge in [0.25, 0.3) is 0 Å². The summed E-state index contributed by atoms with van der Waals surface area (Å²) >= 11 is 0. The van der Waals surface area contributed by atoms with Crippen molar-refractivity contribution in [1.82, 2.24) is 14.9 Å². The van der Waals surface area contributed by atoms with Crippen molar-refractivity contribution in [2.24, 2.45) is 0 Å². The number of carbonyl (C=O) groups excluding carboxylic acids is 1. The lowest BCUT2D eigenvalue weighted by atomic mass is 10.1. The van der Waals surface area contributed by atoms with Crippen LogP contribution < -0.4 is 15.0 Å². The fourth-order valence-corrected chi connectivity index (χ4v) is 2.94.